The molecule has 5 nitrogen and oxygen atoms in total. The summed E-state index contributed by atoms with van der Waals surface area (Å²) < 4.78 is 5.31. The minimum absolute atomic E-state index is 0.236. The minimum atomic E-state index is 0.236. The van der Waals surface area contributed by atoms with Gasteiger partial charge >= 0.3 is 0 Å². The van der Waals surface area contributed by atoms with E-state index in [-0.39, 0.29) is 5.95 Å². The Morgan fingerprint density at radius 1 is 1.67 bits per heavy atom. The first kappa shape index (κ1) is 10.4. The van der Waals surface area contributed by atoms with Gasteiger partial charge in [0.05, 0.1) is 18.8 Å². The van der Waals surface area contributed by atoms with Crippen molar-refractivity contribution in [3.05, 3.63) is 11.2 Å². The Labute approximate surface area is 93.2 Å². The molecule has 6 heteroatoms. The Morgan fingerprint density at radius 2 is 2.47 bits per heavy atom. The van der Waals surface area contributed by atoms with Gasteiger partial charge in [0.25, 0.3) is 0 Å². The van der Waals surface area contributed by atoms with Crippen LogP contribution in [0.4, 0.5) is 11.8 Å². The zero-order valence-electron chi connectivity index (χ0n) is 8.48. The maximum Gasteiger partial charge on any atom is 0.222 e. The molecule has 0 bridgehead atoms. The molecular formula is C9H13ClN4O. The van der Waals surface area contributed by atoms with Gasteiger partial charge in [0.1, 0.15) is 5.02 Å². The predicted molar refractivity (Wildman–Crippen MR) is 59.1 cm³/mol. The van der Waals surface area contributed by atoms with E-state index in [1.165, 1.54) is 6.20 Å². The summed E-state index contributed by atoms with van der Waals surface area (Å²) in [6.07, 6.45) is 2.50. The van der Waals surface area contributed by atoms with E-state index in [9.17, 15) is 0 Å². The average molecular weight is 229 g/mol. The average Bonchev–Trinajstić information content (AvgIpc) is 2.74. The van der Waals surface area contributed by atoms with Crippen LogP contribution in [-0.2, 0) is 4.74 Å². The fraction of sp³-hybridized carbons (Fsp3) is 0.556. The first-order valence-corrected chi connectivity index (χ1v) is 5.15. The lowest BCUT2D eigenvalue weighted by Crippen LogP contribution is -2.32. The molecule has 0 saturated carbocycles. The third-order valence-corrected chi connectivity index (χ3v) is 2.80. The summed E-state index contributed by atoms with van der Waals surface area (Å²) in [6, 6.07) is 0.316. The smallest absolute Gasteiger partial charge is 0.222 e. The zero-order valence-corrected chi connectivity index (χ0v) is 9.24. The third kappa shape index (κ3) is 2.13. The molecule has 2 N–H and O–H groups in total. The fourth-order valence-corrected chi connectivity index (χ4v) is 1.84. The molecule has 1 aliphatic rings. The van der Waals surface area contributed by atoms with Crippen LogP contribution in [0.3, 0.4) is 0 Å². The molecule has 0 aromatic carbocycles. The Balaban J connectivity index is 2.23. The second kappa shape index (κ2) is 4.20. The number of rotatable bonds is 2. The summed E-state index contributed by atoms with van der Waals surface area (Å²) in [5.74, 6) is 0.903. The summed E-state index contributed by atoms with van der Waals surface area (Å²) in [6.45, 7) is 1.49. The van der Waals surface area contributed by atoms with Crippen molar-refractivity contribution in [3.8, 4) is 0 Å². The van der Waals surface area contributed by atoms with Crippen molar-refractivity contribution in [1.29, 1.82) is 0 Å². The normalized spacial score (nSPS) is 20.5. The topological polar surface area (TPSA) is 64.3 Å². The molecule has 0 radical (unpaired) electrons. The number of nitrogen functional groups attached to an aromatic ring is 1. The summed E-state index contributed by atoms with van der Waals surface area (Å²) in [7, 11) is 1.94. The van der Waals surface area contributed by atoms with Crippen molar-refractivity contribution in [3.63, 3.8) is 0 Å². The van der Waals surface area contributed by atoms with Crippen molar-refractivity contribution < 1.29 is 4.74 Å². The van der Waals surface area contributed by atoms with Gasteiger partial charge in [-0.05, 0) is 6.42 Å². The summed E-state index contributed by atoms with van der Waals surface area (Å²) in [5.41, 5.74) is 5.53. The van der Waals surface area contributed by atoms with Crippen molar-refractivity contribution in [2.45, 2.75) is 12.5 Å². The van der Waals surface area contributed by atoms with Crippen molar-refractivity contribution in [2.24, 2.45) is 0 Å². The lowest BCUT2D eigenvalue weighted by molar-refractivity contribution is 0.193. The molecule has 1 aromatic heterocycles. The monoisotopic (exact) mass is 228 g/mol. The molecule has 2 rings (SSSR count). The molecule has 0 spiro atoms. The molecule has 2 heterocycles. The molecule has 0 amide bonds. The lowest BCUT2D eigenvalue weighted by atomic mass is 10.2. The molecule has 0 aliphatic carbocycles. The molecule has 1 fully saturated rings. The Bertz CT molecular complexity index is 354. The quantitative estimate of drug-likeness (QED) is 0.816. The van der Waals surface area contributed by atoms with Crippen molar-refractivity contribution in [1.82, 2.24) is 9.97 Å². The Morgan fingerprint density at radius 3 is 3.13 bits per heavy atom. The number of nitrogens with two attached hydrogens (primary N) is 1. The third-order valence-electron chi connectivity index (χ3n) is 2.53. The van der Waals surface area contributed by atoms with Gasteiger partial charge in [0, 0.05) is 13.7 Å². The molecule has 15 heavy (non-hydrogen) atoms. The van der Waals surface area contributed by atoms with Crippen LogP contribution in [0, 0.1) is 0 Å². The van der Waals surface area contributed by atoms with Crippen LogP contribution in [-0.4, -0.2) is 36.3 Å². The molecule has 1 aromatic rings. The maximum atomic E-state index is 6.01. The van der Waals surface area contributed by atoms with Crippen LogP contribution in [0.25, 0.3) is 0 Å². The van der Waals surface area contributed by atoms with E-state index in [2.05, 4.69) is 9.97 Å². The van der Waals surface area contributed by atoms with Gasteiger partial charge in [-0.15, -0.1) is 0 Å². The van der Waals surface area contributed by atoms with Crippen LogP contribution in [0.15, 0.2) is 6.20 Å². The van der Waals surface area contributed by atoms with E-state index >= 15 is 0 Å². The lowest BCUT2D eigenvalue weighted by Gasteiger charge is -2.24. The van der Waals surface area contributed by atoms with E-state index in [1.54, 1.807) is 0 Å². The fourth-order valence-electron chi connectivity index (χ4n) is 1.62. The number of anilines is 2. The number of nitrogens with zero attached hydrogens (tertiary/aromatic N) is 3. The summed E-state index contributed by atoms with van der Waals surface area (Å²) >= 11 is 6.01. The molecular weight excluding hydrogens is 216 g/mol. The first-order chi connectivity index (χ1) is 7.18. The van der Waals surface area contributed by atoms with Crippen LogP contribution in [0.2, 0.25) is 5.02 Å². The Hall–Kier alpha value is -1.07. The van der Waals surface area contributed by atoms with Gasteiger partial charge in [-0.2, -0.15) is 4.98 Å². The molecule has 1 unspecified atom stereocenters. The first-order valence-electron chi connectivity index (χ1n) is 4.77. The number of aromatic nitrogens is 2. The van der Waals surface area contributed by atoms with E-state index < -0.39 is 0 Å². The summed E-state index contributed by atoms with van der Waals surface area (Å²) in [5, 5.41) is 0.513. The predicted octanol–water partition coefficient (Wildman–Crippen LogP) is 0.937. The Kier molecular flexibility index (Phi) is 2.93. The standard InChI is InChI=1S/C9H13ClN4O/c1-14(6-2-3-15-5-6)8-7(10)4-12-9(11)13-8/h4,6H,2-3,5H2,1H3,(H2,11,12,13). The van der Waals surface area contributed by atoms with Gasteiger partial charge in [-0.3, -0.25) is 0 Å². The van der Waals surface area contributed by atoms with Crippen LogP contribution < -0.4 is 10.6 Å². The van der Waals surface area contributed by atoms with Crippen molar-refractivity contribution in [2.75, 3.05) is 30.9 Å². The van der Waals surface area contributed by atoms with Crippen LogP contribution in [0.1, 0.15) is 6.42 Å². The second-order valence-corrected chi connectivity index (χ2v) is 3.94. The van der Waals surface area contributed by atoms with Gasteiger partial charge in [0.15, 0.2) is 5.82 Å². The highest BCUT2D eigenvalue weighted by Crippen LogP contribution is 2.25. The molecule has 1 aliphatic heterocycles. The van der Waals surface area contributed by atoms with Gasteiger partial charge in [0.2, 0.25) is 5.95 Å². The van der Waals surface area contributed by atoms with Crippen molar-refractivity contribution >= 4 is 23.4 Å². The van der Waals surface area contributed by atoms with Gasteiger partial charge in [-0.1, -0.05) is 11.6 Å². The minimum Gasteiger partial charge on any atom is -0.379 e. The number of likely N-dealkylation sites (N-methyl/N-ethyl adjacent to an activating group) is 1. The highest BCUT2D eigenvalue weighted by atomic mass is 35.5. The second-order valence-electron chi connectivity index (χ2n) is 3.53. The van der Waals surface area contributed by atoms with E-state index in [0.29, 0.717) is 23.5 Å². The molecule has 1 saturated heterocycles. The van der Waals surface area contributed by atoms with Crippen LogP contribution >= 0.6 is 11.6 Å². The number of halogens is 1. The van der Waals surface area contributed by atoms with E-state index in [4.69, 9.17) is 22.1 Å². The maximum absolute atomic E-state index is 6.01. The van der Waals surface area contributed by atoms with Crippen LogP contribution in [0.5, 0.6) is 0 Å². The number of hydrogen-bond donors (Lipinski definition) is 1. The SMILES string of the molecule is CN(c1nc(N)ncc1Cl)C1CCOC1. The molecule has 1 atom stereocenters. The summed E-state index contributed by atoms with van der Waals surface area (Å²) in [4.78, 5) is 9.94. The largest absolute Gasteiger partial charge is 0.379 e. The highest BCUT2D eigenvalue weighted by Gasteiger charge is 2.23. The number of ether oxygens (including phenoxy) is 1. The molecule has 82 valence electrons. The zero-order chi connectivity index (χ0) is 10.8. The van der Waals surface area contributed by atoms with E-state index in [1.807, 2.05) is 11.9 Å². The van der Waals surface area contributed by atoms with Gasteiger partial charge < -0.3 is 15.4 Å². The highest BCUT2D eigenvalue weighted by molar-refractivity contribution is 6.32. The van der Waals surface area contributed by atoms with E-state index in [0.717, 1.165) is 13.0 Å². The van der Waals surface area contributed by atoms with Gasteiger partial charge in [-0.25, -0.2) is 4.98 Å². The number of hydrogen-bond acceptors (Lipinski definition) is 5.